The number of hydrogen-bond donors (Lipinski definition) is 1. The Kier molecular flexibility index (Phi) is 8.49. The number of anilines is 1. The smallest absolute Gasteiger partial charge is 0.255 e. The molecule has 172 valence electrons. The summed E-state index contributed by atoms with van der Waals surface area (Å²) in [7, 11) is 0. The number of halogens is 1. The van der Waals surface area contributed by atoms with E-state index in [9.17, 15) is 4.79 Å². The second-order valence-corrected chi connectivity index (χ2v) is 8.84. The van der Waals surface area contributed by atoms with Crippen LogP contribution in [0.4, 0.5) is 5.69 Å². The second-order valence-electron chi connectivity index (χ2n) is 7.99. The van der Waals surface area contributed by atoms with Crippen LogP contribution in [0.2, 0.25) is 0 Å². The van der Waals surface area contributed by atoms with Gasteiger partial charge in [0.25, 0.3) is 5.91 Å². The van der Waals surface area contributed by atoms with Gasteiger partial charge in [-0.25, -0.2) is 0 Å². The Morgan fingerprint density at radius 3 is 1.88 bits per heavy atom. The molecule has 0 aliphatic heterocycles. The van der Waals surface area contributed by atoms with E-state index in [1.165, 1.54) is 11.1 Å². The number of rotatable bonds is 10. The van der Waals surface area contributed by atoms with Crippen LogP contribution >= 0.6 is 15.9 Å². The first kappa shape index (κ1) is 23.7. The standard InChI is InChI=1S/C29H27BrN2O2/c30-27-13-7-8-14-28(27)31-29(33)25-15-17-26(18-16-25)34-20-19-32(21-23-9-3-1-4-10-23)22-24-11-5-2-6-12-24/h1-18H,19-22H2,(H,31,33). The van der Waals surface area contributed by atoms with Crippen LogP contribution in [0.25, 0.3) is 0 Å². The molecular weight excluding hydrogens is 488 g/mol. The van der Waals surface area contributed by atoms with Crippen molar-refractivity contribution in [2.24, 2.45) is 0 Å². The van der Waals surface area contributed by atoms with Crippen molar-refractivity contribution in [1.82, 2.24) is 4.90 Å². The van der Waals surface area contributed by atoms with Gasteiger partial charge in [-0.15, -0.1) is 0 Å². The number of carbonyl (C=O) groups excluding carboxylic acids is 1. The fourth-order valence-corrected chi connectivity index (χ4v) is 4.03. The third-order valence-electron chi connectivity index (χ3n) is 5.41. The highest BCUT2D eigenvalue weighted by Gasteiger charge is 2.10. The molecule has 0 heterocycles. The molecule has 5 heteroatoms. The van der Waals surface area contributed by atoms with Crippen LogP contribution in [0.5, 0.6) is 5.75 Å². The Morgan fingerprint density at radius 2 is 1.29 bits per heavy atom. The van der Waals surface area contributed by atoms with Crippen LogP contribution in [-0.4, -0.2) is 24.0 Å². The summed E-state index contributed by atoms with van der Waals surface area (Å²) in [6.45, 7) is 3.05. The van der Waals surface area contributed by atoms with Gasteiger partial charge in [0.1, 0.15) is 12.4 Å². The summed E-state index contributed by atoms with van der Waals surface area (Å²) in [5, 5.41) is 2.92. The SMILES string of the molecule is O=C(Nc1ccccc1Br)c1ccc(OCCN(Cc2ccccc2)Cc2ccccc2)cc1. The number of benzene rings is 4. The van der Waals surface area contributed by atoms with Crippen LogP contribution in [0.15, 0.2) is 114 Å². The molecule has 0 aliphatic rings. The fraction of sp³-hybridized carbons (Fsp3) is 0.138. The molecule has 0 saturated heterocycles. The molecule has 0 saturated carbocycles. The van der Waals surface area contributed by atoms with Crippen molar-refractivity contribution >= 4 is 27.5 Å². The monoisotopic (exact) mass is 514 g/mol. The summed E-state index contributed by atoms with van der Waals surface area (Å²) in [5.74, 6) is 0.590. The number of carbonyl (C=O) groups is 1. The summed E-state index contributed by atoms with van der Waals surface area (Å²) in [6, 6.07) is 35.8. The van der Waals surface area contributed by atoms with E-state index >= 15 is 0 Å². The third kappa shape index (κ3) is 7.04. The lowest BCUT2D eigenvalue weighted by atomic mass is 10.1. The van der Waals surface area contributed by atoms with Crippen molar-refractivity contribution in [1.29, 1.82) is 0 Å². The highest BCUT2D eigenvalue weighted by atomic mass is 79.9. The van der Waals surface area contributed by atoms with E-state index in [4.69, 9.17) is 4.74 Å². The van der Waals surface area contributed by atoms with Gasteiger partial charge in [0, 0.05) is 29.7 Å². The highest BCUT2D eigenvalue weighted by Crippen LogP contribution is 2.22. The van der Waals surface area contributed by atoms with Crippen molar-refractivity contribution in [3.05, 3.63) is 130 Å². The fourth-order valence-electron chi connectivity index (χ4n) is 3.65. The normalized spacial score (nSPS) is 10.8. The van der Waals surface area contributed by atoms with Crippen LogP contribution in [0.1, 0.15) is 21.5 Å². The van der Waals surface area contributed by atoms with Crippen molar-refractivity contribution in [3.8, 4) is 5.75 Å². The van der Waals surface area contributed by atoms with Gasteiger partial charge in [0.15, 0.2) is 0 Å². The van der Waals surface area contributed by atoms with Crippen molar-refractivity contribution in [3.63, 3.8) is 0 Å². The van der Waals surface area contributed by atoms with Crippen LogP contribution < -0.4 is 10.1 Å². The molecule has 0 atom stereocenters. The third-order valence-corrected chi connectivity index (χ3v) is 6.10. The molecule has 1 N–H and O–H groups in total. The van der Waals surface area contributed by atoms with E-state index < -0.39 is 0 Å². The van der Waals surface area contributed by atoms with E-state index in [1.54, 1.807) is 12.1 Å². The molecule has 34 heavy (non-hydrogen) atoms. The van der Waals surface area contributed by atoms with Crippen LogP contribution in [0, 0.1) is 0 Å². The quantitative estimate of drug-likeness (QED) is 0.253. The summed E-state index contributed by atoms with van der Waals surface area (Å²) in [4.78, 5) is 14.9. The minimum absolute atomic E-state index is 0.157. The first-order valence-corrected chi connectivity index (χ1v) is 12.1. The molecule has 0 spiro atoms. The number of amides is 1. The van der Waals surface area contributed by atoms with Gasteiger partial charge < -0.3 is 10.1 Å². The Balaban J connectivity index is 1.32. The van der Waals surface area contributed by atoms with E-state index in [2.05, 4.69) is 74.7 Å². The number of hydrogen-bond acceptors (Lipinski definition) is 3. The molecule has 0 aliphatic carbocycles. The van der Waals surface area contributed by atoms with E-state index in [1.807, 2.05) is 48.5 Å². The average molecular weight is 515 g/mol. The molecule has 4 nitrogen and oxygen atoms in total. The predicted octanol–water partition coefficient (Wildman–Crippen LogP) is 6.78. The summed E-state index contributed by atoms with van der Waals surface area (Å²) < 4.78 is 6.85. The summed E-state index contributed by atoms with van der Waals surface area (Å²) in [5.41, 5.74) is 3.88. The maximum absolute atomic E-state index is 12.5. The van der Waals surface area contributed by atoms with Crippen molar-refractivity contribution < 1.29 is 9.53 Å². The maximum atomic E-state index is 12.5. The van der Waals surface area contributed by atoms with E-state index in [-0.39, 0.29) is 5.91 Å². The minimum Gasteiger partial charge on any atom is -0.492 e. The minimum atomic E-state index is -0.157. The Labute approximate surface area is 209 Å². The van der Waals surface area contributed by atoms with Gasteiger partial charge in [-0.3, -0.25) is 9.69 Å². The Morgan fingerprint density at radius 1 is 0.735 bits per heavy atom. The molecule has 0 fully saturated rings. The van der Waals surface area contributed by atoms with Crippen molar-refractivity contribution in [2.75, 3.05) is 18.5 Å². The molecule has 0 radical (unpaired) electrons. The maximum Gasteiger partial charge on any atom is 0.255 e. The average Bonchev–Trinajstić information content (AvgIpc) is 2.87. The number of nitrogens with zero attached hydrogens (tertiary/aromatic N) is 1. The lowest BCUT2D eigenvalue weighted by Gasteiger charge is -2.23. The number of para-hydroxylation sites is 1. The largest absolute Gasteiger partial charge is 0.492 e. The molecule has 4 rings (SSSR count). The molecular formula is C29H27BrN2O2. The van der Waals surface area contributed by atoms with Crippen LogP contribution in [0.3, 0.4) is 0 Å². The number of nitrogens with one attached hydrogen (secondary N) is 1. The molecule has 0 aromatic heterocycles. The zero-order valence-corrected chi connectivity index (χ0v) is 20.4. The first-order chi connectivity index (χ1) is 16.7. The summed E-state index contributed by atoms with van der Waals surface area (Å²) in [6.07, 6.45) is 0. The van der Waals surface area contributed by atoms with E-state index in [0.29, 0.717) is 12.2 Å². The van der Waals surface area contributed by atoms with Gasteiger partial charge in [0.2, 0.25) is 0 Å². The highest BCUT2D eigenvalue weighted by molar-refractivity contribution is 9.10. The second kappa shape index (κ2) is 12.2. The molecule has 1 amide bonds. The van der Waals surface area contributed by atoms with Crippen molar-refractivity contribution in [2.45, 2.75) is 13.1 Å². The lowest BCUT2D eigenvalue weighted by molar-refractivity contribution is 0.102. The predicted molar refractivity (Wildman–Crippen MR) is 141 cm³/mol. The Bertz CT molecular complexity index is 1140. The zero-order chi connectivity index (χ0) is 23.6. The molecule has 0 unspecified atom stereocenters. The first-order valence-electron chi connectivity index (χ1n) is 11.3. The molecule has 4 aromatic rings. The summed E-state index contributed by atoms with van der Waals surface area (Å²) >= 11 is 3.45. The molecule has 0 bridgehead atoms. The van der Waals surface area contributed by atoms with Gasteiger partial charge in [-0.1, -0.05) is 72.8 Å². The Hall–Kier alpha value is -3.41. The van der Waals surface area contributed by atoms with Gasteiger partial charge in [-0.05, 0) is 63.5 Å². The topological polar surface area (TPSA) is 41.6 Å². The lowest BCUT2D eigenvalue weighted by Crippen LogP contribution is -2.27. The van der Waals surface area contributed by atoms with Gasteiger partial charge >= 0.3 is 0 Å². The van der Waals surface area contributed by atoms with Gasteiger partial charge in [0.05, 0.1) is 5.69 Å². The zero-order valence-electron chi connectivity index (χ0n) is 18.9. The van der Waals surface area contributed by atoms with Gasteiger partial charge in [-0.2, -0.15) is 0 Å². The molecule has 4 aromatic carbocycles. The van der Waals surface area contributed by atoms with Crippen LogP contribution in [-0.2, 0) is 13.1 Å². The number of ether oxygens (including phenoxy) is 1. The van der Waals surface area contributed by atoms with E-state index in [0.717, 1.165) is 35.5 Å².